The molecular weight excluding hydrogens is 148 g/mol. The van der Waals surface area contributed by atoms with Crippen molar-refractivity contribution in [2.75, 3.05) is 20.8 Å². The van der Waals surface area contributed by atoms with Gasteiger partial charge in [-0.05, 0) is 0 Å². The number of rotatable bonds is 5. The number of hydrogen-bond acceptors (Lipinski definition) is 4. The number of ether oxygens (including phenoxy) is 1. The fourth-order valence-electron chi connectivity index (χ4n) is 0.495. The molecule has 0 atom stereocenters. The van der Waals surface area contributed by atoms with Gasteiger partial charge < -0.3 is 4.74 Å². The van der Waals surface area contributed by atoms with Crippen LogP contribution in [0.1, 0.15) is 6.42 Å². The predicted molar refractivity (Wildman–Crippen MR) is 38.7 cm³/mol. The van der Waals surface area contributed by atoms with Gasteiger partial charge in [0.05, 0.1) is 20.8 Å². The van der Waals surface area contributed by atoms with Crippen LogP contribution in [0.25, 0.3) is 0 Å². The molecule has 0 spiro atoms. The lowest BCUT2D eigenvalue weighted by Gasteiger charge is -2.01. The summed E-state index contributed by atoms with van der Waals surface area (Å²) in [5.74, 6) is -0.412. The number of carbonyl (C=O) groups is 1. The molecule has 0 aliphatic heterocycles. The van der Waals surface area contributed by atoms with Gasteiger partial charge in [-0.15, -0.1) is 0 Å². The van der Waals surface area contributed by atoms with Crippen LogP contribution in [0.4, 0.5) is 0 Å². The Morgan fingerprint density at radius 2 is 2.09 bits per heavy atom. The quantitative estimate of drug-likeness (QED) is 0.195. The molecule has 0 aromatic rings. The van der Waals surface area contributed by atoms with Gasteiger partial charge in [0.1, 0.15) is 0 Å². The molecule has 0 N–H and O–H groups in total. The monoisotopic (exact) mass is 160 g/mol. The zero-order valence-electron chi connectivity index (χ0n) is 6.75. The number of esters is 1. The van der Waals surface area contributed by atoms with Crippen molar-refractivity contribution in [3.8, 4) is 0 Å². The molecule has 4 heteroatoms. The molecule has 0 saturated carbocycles. The molecule has 0 amide bonds. The van der Waals surface area contributed by atoms with E-state index in [0.29, 0.717) is 18.6 Å². The van der Waals surface area contributed by atoms with Gasteiger partial charge >= 0.3 is 5.97 Å². The van der Waals surface area contributed by atoms with Gasteiger partial charge in [0.15, 0.2) is 0 Å². The van der Waals surface area contributed by atoms with Crippen LogP contribution in [0, 0.1) is 0 Å². The Kier molecular flexibility index (Phi) is 5.42. The van der Waals surface area contributed by atoms with E-state index in [9.17, 15) is 4.79 Å². The van der Waals surface area contributed by atoms with Crippen LogP contribution in [-0.2, 0) is 19.3 Å². The normalized spacial score (nSPS) is 9.27. The van der Waals surface area contributed by atoms with Gasteiger partial charge in [-0.1, -0.05) is 6.58 Å². The summed E-state index contributed by atoms with van der Waals surface area (Å²) < 4.78 is 4.41. The fourth-order valence-corrected chi connectivity index (χ4v) is 0.495. The van der Waals surface area contributed by atoms with Crippen LogP contribution in [0.2, 0.25) is 0 Å². The van der Waals surface area contributed by atoms with Crippen molar-refractivity contribution in [1.29, 1.82) is 0 Å². The molecular formula is C7H12O4. The second kappa shape index (κ2) is 5.88. The van der Waals surface area contributed by atoms with Gasteiger partial charge in [0.2, 0.25) is 0 Å². The average molecular weight is 160 g/mol. The summed E-state index contributed by atoms with van der Waals surface area (Å²) in [6.07, 6.45) is 0.417. The molecule has 0 aromatic heterocycles. The van der Waals surface area contributed by atoms with Crippen molar-refractivity contribution in [3.05, 3.63) is 12.2 Å². The molecule has 0 saturated heterocycles. The summed E-state index contributed by atoms with van der Waals surface area (Å²) in [5.41, 5.74) is 0.379. The SMILES string of the molecule is C=C(CCOOC)C(=O)OC. The summed E-state index contributed by atoms with van der Waals surface area (Å²) in [4.78, 5) is 19.5. The second-order valence-corrected chi connectivity index (χ2v) is 1.83. The smallest absolute Gasteiger partial charge is 0.333 e. The first-order valence-electron chi connectivity index (χ1n) is 3.14. The van der Waals surface area contributed by atoms with Crippen LogP contribution >= 0.6 is 0 Å². The lowest BCUT2D eigenvalue weighted by atomic mass is 10.2. The first-order valence-corrected chi connectivity index (χ1v) is 3.14. The first-order chi connectivity index (χ1) is 5.22. The largest absolute Gasteiger partial charge is 0.466 e. The topological polar surface area (TPSA) is 44.8 Å². The Bertz CT molecular complexity index is 141. The highest BCUT2D eigenvalue weighted by Gasteiger charge is 2.05. The zero-order valence-corrected chi connectivity index (χ0v) is 6.75. The molecule has 0 heterocycles. The lowest BCUT2D eigenvalue weighted by Crippen LogP contribution is -2.06. The van der Waals surface area contributed by atoms with Crippen molar-refractivity contribution in [3.63, 3.8) is 0 Å². The van der Waals surface area contributed by atoms with Crippen molar-refractivity contribution in [1.82, 2.24) is 0 Å². The van der Waals surface area contributed by atoms with Crippen LogP contribution < -0.4 is 0 Å². The minimum absolute atomic E-state index is 0.310. The van der Waals surface area contributed by atoms with Crippen LogP contribution in [0.15, 0.2) is 12.2 Å². The third kappa shape index (κ3) is 4.52. The lowest BCUT2D eigenvalue weighted by molar-refractivity contribution is -0.271. The second-order valence-electron chi connectivity index (χ2n) is 1.83. The highest BCUT2D eigenvalue weighted by molar-refractivity contribution is 5.87. The standard InChI is InChI=1S/C7H12O4/c1-6(7(8)9-2)4-5-11-10-3/h1,4-5H2,2-3H3. The third-order valence-corrected chi connectivity index (χ3v) is 1.08. The molecule has 11 heavy (non-hydrogen) atoms. The number of hydrogen-bond donors (Lipinski definition) is 0. The van der Waals surface area contributed by atoms with Gasteiger partial charge in [-0.2, -0.15) is 0 Å². The van der Waals surface area contributed by atoms with E-state index >= 15 is 0 Å². The van der Waals surface area contributed by atoms with E-state index in [1.54, 1.807) is 0 Å². The van der Waals surface area contributed by atoms with Gasteiger partial charge in [0, 0.05) is 12.0 Å². The summed E-state index contributed by atoms with van der Waals surface area (Å²) >= 11 is 0. The van der Waals surface area contributed by atoms with Crippen molar-refractivity contribution in [2.45, 2.75) is 6.42 Å². The molecule has 4 nitrogen and oxygen atoms in total. The van der Waals surface area contributed by atoms with Gasteiger partial charge in [-0.3, -0.25) is 0 Å². The van der Waals surface area contributed by atoms with Gasteiger partial charge in [-0.25, -0.2) is 14.6 Å². The Balaban J connectivity index is 3.44. The van der Waals surface area contributed by atoms with Gasteiger partial charge in [0.25, 0.3) is 0 Å². The molecule has 0 aliphatic rings. The molecule has 0 aromatic carbocycles. The average Bonchev–Trinajstić information content (AvgIpc) is 2.03. The summed E-state index contributed by atoms with van der Waals surface area (Å²) in [5, 5.41) is 0. The Morgan fingerprint density at radius 3 is 2.55 bits per heavy atom. The maximum absolute atomic E-state index is 10.7. The van der Waals surface area contributed by atoms with E-state index in [2.05, 4.69) is 21.1 Å². The van der Waals surface area contributed by atoms with E-state index in [1.165, 1.54) is 14.2 Å². The van der Waals surface area contributed by atoms with E-state index < -0.39 is 5.97 Å². The molecule has 0 aliphatic carbocycles. The summed E-state index contributed by atoms with van der Waals surface area (Å²) in [6.45, 7) is 3.80. The maximum atomic E-state index is 10.7. The fraction of sp³-hybridized carbons (Fsp3) is 0.571. The minimum Gasteiger partial charge on any atom is -0.466 e. The first kappa shape index (κ1) is 10.1. The summed E-state index contributed by atoms with van der Waals surface area (Å²) in [6, 6.07) is 0. The third-order valence-electron chi connectivity index (χ3n) is 1.08. The van der Waals surface area contributed by atoms with Crippen molar-refractivity contribution >= 4 is 5.97 Å². The molecule has 0 rings (SSSR count). The molecule has 0 bridgehead atoms. The van der Waals surface area contributed by atoms with E-state index in [0.717, 1.165) is 0 Å². The Hall–Kier alpha value is -0.870. The highest BCUT2D eigenvalue weighted by Crippen LogP contribution is 1.99. The molecule has 64 valence electrons. The number of carbonyl (C=O) groups excluding carboxylic acids is 1. The highest BCUT2D eigenvalue weighted by atomic mass is 17.2. The Labute approximate surface area is 65.7 Å². The molecule has 0 radical (unpaired) electrons. The van der Waals surface area contributed by atoms with Crippen LogP contribution in [0.5, 0.6) is 0 Å². The maximum Gasteiger partial charge on any atom is 0.333 e. The van der Waals surface area contributed by atoms with Crippen LogP contribution in [0.3, 0.4) is 0 Å². The summed E-state index contributed by atoms with van der Waals surface area (Å²) in [7, 11) is 2.71. The van der Waals surface area contributed by atoms with E-state index in [1.807, 2.05) is 0 Å². The molecule has 0 fully saturated rings. The van der Waals surface area contributed by atoms with E-state index in [-0.39, 0.29) is 0 Å². The minimum atomic E-state index is -0.412. The number of methoxy groups -OCH3 is 1. The van der Waals surface area contributed by atoms with Crippen LogP contribution in [-0.4, -0.2) is 26.8 Å². The zero-order chi connectivity index (χ0) is 8.69. The van der Waals surface area contributed by atoms with Crippen molar-refractivity contribution in [2.24, 2.45) is 0 Å². The molecule has 0 unspecified atom stereocenters. The van der Waals surface area contributed by atoms with Crippen molar-refractivity contribution < 1.29 is 19.3 Å². The predicted octanol–water partition coefficient (Wildman–Crippen LogP) is 0.684. The Morgan fingerprint density at radius 1 is 1.45 bits per heavy atom. The van der Waals surface area contributed by atoms with E-state index in [4.69, 9.17) is 0 Å².